The largest absolute Gasteiger partial charge is 0.356 e. The maximum Gasteiger partial charge on any atom is 0.224 e. The Balaban J connectivity index is 1.61. The van der Waals surface area contributed by atoms with Crippen molar-refractivity contribution in [2.75, 3.05) is 6.54 Å². The highest BCUT2D eigenvalue weighted by Crippen LogP contribution is 2.23. The summed E-state index contributed by atoms with van der Waals surface area (Å²) in [6, 6.07) is 3.96. The summed E-state index contributed by atoms with van der Waals surface area (Å²) in [7, 11) is 1.97. The summed E-state index contributed by atoms with van der Waals surface area (Å²) in [5.74, 6) is 0.800. The second kappa shape index (κ2) is 6.29. The fourth-order valence-corrected chi connectivity index (χ4v) is 3.32. The summed E-state index contributed by atoms with van der Waals surface area (Å²) < 4.78 is 1.99. The topological polar surface area (TPSA) is 46.9 Å². The van der Waals surface area contributed by atoms with Gasteiger partial charge in [-0.2, -0.15) is 0 Å². The summed E-state index contributed by atoms with van der Waals surface area (Å²) in [4.78, 5) is 16.5. The van der Waals surface area contributed by atoms with Gasteiger partial charge in [0.2, 0.25) is 5.91 Å². The molecule has 0 saturated heterocycles. The van der Waals surface area contributed by atoms with Gasteiger partial charge in [0.25, 0.3) is 0 Å². The van der Waals surface area contributed by atoms with Crippen LogP contribution in [0.3, 0.4) is 0 Å². The molecule has 1 amide bonds. The van der Waals surface area contributed by atoms with Crippen LogP contribution in [0.2, 0.25) is 0 Å². The molecule has 0 radical (unpaired) electrons. The first-order chi connectivity index (χ1) is 10.2. The fourth-order valence-electron chi connectivity index (χ4n) is 3.32. The Hall–Kier alpha value is -1.84. The minimum Gasteiger partial charge on any atom is -0.356 e. The Morgan fingerprint density at radius 2 is 2.19 bits per heavy atom. The van der Waals surface area contributed by atoms with Gasteiger partial charge < -0.3 is 9.88 Å². The Morgan fingerprint density at radius 3 is 3.00 bits per heavy atom. The van der Waals surface area contributed by atoms with Gasteiger partial charge in [0.05, 0.1) is 6.42 Å². The Morgan fingerprint density at radius 1 is 1.38 bits per heavy atom. The van der Waals surface area contributed by atoms with Gasteiger partial charge in [0.15, 0.2) is 0 Å². The molecular weight excluding hydrogens is 262 g/mol. The quantitative estimate of drug-likeness (QED) is 0.939. The SMILES string of the molecule is Cn1cc(CC(=O)NCC2CCCCC2)c2cccnc21. The molecule has 4 nitrogen and oxygen atoms in total. The van der Waals surface area contributed by atoms with Crippen LogP contribution in [0.5, 0.6) is 0 Å². The lowest BCUT2D eigenvalue weighted by molar-refractivity contribution is -0.120. The zero-order valence-corrected chi connectivity index (χ0v) is 12.6. The second-order valence-electron chi connectivity index (χ2n) is 6.12. The third-order valence-electron chi connectivity index (χ3n) is 4.48. The Labute approximate surface area is 125 Å². The first kappa shape index (κ1) is 14.1. The molecule has 1 N–H and O–H groups in total. The van der Waals surface area contributed by atoms with Crippen molar-refractivity contribution in [3.63, 3.8) is 0 Å². The average Bonchev–Trinajstić information content (AvgIpc) is 2.83. The van der Waals surface area contributed by atoms with Gasteiger partial charge in [-0.3, -0.25) is 4.79 Å². The molecule has 0 aromatic carbocycles. The molecule has 1 aliphatic rings. The molecule has 2 aromatic rings. The summed E-state index contributed by atoms with van der Waals surface area (Å²) in [6.45, 7) is 0.835. The number of nitrogens with one attached hydrogen (secondary N) is 1. The normalized spacial score (nSPS) is 16.2. The van der Waals surface area contributed by atoms with Crippen LogP contribution in [-0.2, 0) is 18.3 Å². The molecule has 0 atom stereocenters. The molecule has 0 unspecified atom stereocenters. The molecule has 0 aliphatic heterocycles. The molecule has 2 heterocycles. The first-order valence-electron chi connectivity index (χ1n) is 7.89. The van der Waals surface area contributed by atoms with Gasteiger partial charge in [0, 0.05) is 31.4 Å². The molecule has 1 aliphatic carbocycles. The van der Waals surface area contributed by atoms with Crippen LogP contribution in [0.15, 0.2) is 24.5 Å². The molecule has 112 valence electrons. The maximum absolute atomic E-state index is 12.2. The van der Waals surface area contributed by atoms with E-state index in [-0.39, 0.29) is 5.91 Å². The highest BCUT2D eigenvalue weighted by molar-refractivity contribution is 5.87. The molecule has 1 fully saturated rings. The number of amides is 1. The number of fused-ring (bicyclic) bond motifs is 1. The lowest BCUT2D eigenvalue weighted by Crippen LogP contribution is -2.31. The van der Waals surface area contributed by atoms with Crippen LogP contribution < -0.4 is 5.32 Å². The third kappa shape index (κ3) is 3.26. The molecule has 21 heavy (non-hydrogen) atoms. The number of pyridine rings is 1. The van der Waals surface area contributed by atoms with Gasteiger partial charge in [-0.1, -0.05) is 19.3 Å². The number of carbonyl (C=O) groups is 1. The Kier molecular flexibility index (Phi) is 4.23. The van der Waals surface area contributed by atoms with E-state index >= 15 is 0 Å². The van der Waals surface area contributed by atoms with Gasteiger partial charge in [0.1, 0.15) is 5.65 Å². The summed E-state index contributed by atoms with van der Waals surface area (Å²) in [5, 5.41) is 4.18. The van der Waals surface area contributed by atoms with Crippen molar-refractivity contribution in [2.24, 2.45) is 13.0 Å². The highest BCUT2D eigenvalue weighted by atomic mass is 16.1. The zero-order valence-electron chi connectivity index (χ0n) is 12.6. The van der Waals surface area contributed by atoms with E-state index in [1.54, 1.807) is 6.20 Å². The van der Waals surface area contributed by atoms with Crippen molar-refractivity contribution >= 4 is 16.9 Å². The lowest BCUT2D eigenvalue weighted by Gasteiger charge is -2.21. The molecule has 0 spiro atoms. The monoisotopic (exact) mass is 285 g/mol. The van der Waals surface area contributed by atoms with E-state index in [1.165, 1.54) is 32.1 Å². The molecule has 3 rings (SSSR count). The van der Waals surface area contributed by atoms with Gasteiger partial charge in [-0.15, -0.1) is 0 Å². The molecule has 4 heteroatoms. The van der Waals surface area contributed by atoms with Crippen molar-refractivity contribution in [1.29, 1.82) is 0 Å². The molecule has 0 bridgehead atoms. The number of hydrogen-bond donors (Lipinski definition) is 1. The smallest absolute Gasteiger partial charge is 0.224 e. The van der Waals surface area contributed by atoms with Gasteiger partial charge >= 0.3 is 0 Å². The maximum atomic E-state index is 12.2. The zero-order chi connectivity index (χ0) is 14.7. The summed E-state index contributed by atoms with van der Waals surface area (Å²) in [5.41, 5.74) is 1.99. The van der Waals surface area contributed by atoms with E-state index < -0.39 is 0 Å². The van der Waals surface area contributed by atoms with Crippen LogP contribution >= 0.6 is 0 Å². The number of rotatable bonds is 4. The number of carbonyl (C=O) groups excluding carboxylic acids is 1. The van der Waals surface area contributed by atoms with Crippen molar-refractivity contribution in [2.45, 2.75) is 38.5 Å². The number of nitrogens with zero attached hydrogens (tertiary/aromatic N) is 2. The molecule has 1 saturated carbocycles. The van der Waals surface area contributed by atoms with Crippen LogP contribution in [-0.4, -0.2) is 22.0 Å². The van der Waals surface area contributed by atoms with Crippen LogP contribution in [0.4, 0.5) is 0 Å². The standard InChI is InChI=1S/C17H23N3O/c1-20-12-14(15-8-5-9-18-17(15)20)10-16(21)19-11-13-6-3-2-4-7-13/h5,8-9,12-13H,2-4,6-7,10-11H2,1H3,(H,19,21). The van der Waals surface area contributed by atoms with E-state index in [0.29, 0.717) is 12.3 Å². The van der Waals surface area contributed by atoms with Crippen molar-refractivity contribution in [3.8, 4) is 0 Å². The van der Waals surface area contributed by atoms with Crippen LogP contribution in [0, 0.1) is 5.92 Å². The van der Waals surface area contributed by atoms with E-state index in [1.807, 2.05) is 29.9 Å². The first-order valence-corrected chi connectivity index (χ1v) is 7.89. The minimum atomic E-state index is 0.122. The van der Waals surface area contributed by atoms with Crippen LogP contribution in [0.1, 0.15) is 37.7 Å². The van der Waals surface area contributed by atoms with E-state index in [2.05, 4.69) is 10.3 Å². The Bertz CT molecular complexity index is 626. The molecular formula is C17H23N3O. The number of aryl methyl sites for hydroxylation is 1. The van der Waals surface area contributed by atoms with Crippen molar-refractivity contribution in [3.05, 3.63) is 30.1 Å². The fraction of sp³-hybridized carbons (Fsp3) is 0.529. The summed E-state index contributed by atoms with van der Waals surface area (Å²) >= 11 is 0. The summed E-state index contributed by atoms with van der Waals surface area (Å²) in [6.07, 6.45) is 10.7. The van der Waals surface area contributed by atoms with Crippen molar-refractivity contribution in [1.82, 2.24) is 14.9 Å². The average molecular weight is 285 g/mol. The lowest BCUT2D eigenvalue weighted by atomic mass is 9.89. The van der Waals surface area contributed by atoms with E-state index in [4.69, 9.17) is 0 Å². The van der Waals surface area contributed by atoms with E-state index in [9.17, 15) is 4.79 Å². The van der Waals surface area contributed by atoms with Gasteiger partial charge in [-0.05, 0) is 36.5 Å². The van der Waals surface area contributed by atoms with Crippen molar-refractivity contribution < 1.29 is 4.79 Å². The predicted octanol–water partition coefficient (Wildman–Crippen LogP) is 2.81. The number of hydrogen-bond acceptors (Lipinski definition) is 2. The minimum absolute atomic E-state index is 0.122. The second-order valence-corrected chi connectivity index (χ2v) is 6.12. The van der Waals surface area contributed by atoms with E-state index in [0.717, 1.165) is 23.1 Å². The molecule has 2 aromatic heterocycles. The highest BCUT2D eigenvalue weighted by Gasteiger charge is 2.15. The van der Waals surface area contributed by atoms with Gasteiger partial charge in [-0.25, -0.2) is 4.98 Å². The van der Waals surface area contributed by atoms with Crippen LogP contribution in [0.25, 0.3) is 11.0 Å². The predicted molar refractivity (Wildman–Crippen MR) is 84.0 cm³/mol. The third-order valence-corrected chi connectivity index (χ3v) is 4.48. The number of aromatic nitrogens is 2.